The van der Waals surface area contributed by atoms with Crippen LogP contribution in [0.15, 0.2) is 41.8 Å². The van der Waals surface area contributed by atoms with Crippen molar-refractivity contribution < 1.29 is 17.9 Å². The Morgan fingerprint density at radius 1 is 1.36 bits per heavy atom. The number of nitrogens with zero attached hydrogens (tertiary/aromatic N) is 3. The van der Waals surface area contributed by atoms with Crippen LogP contribution in [0.5, 0.6) is 5.75 Å². The summed E-state index contributed by atoms with van der Waals surface area (Å²) in [6, 6.07) is 7.56. The molecule has 1 atom stereocenters. The summed E-state index contributed by atoms with van der Waals surface area (Å²) in [5, 5.41) is 2.94. The standard InChI is InChI=1S/C19H26N4O4S/c1-3-27-17-9-5-4-7-15(17)11-20-19(24)16-8-6-10-23(12-16)28(25,26)18-13-22(2)14-21-18/h4-5,7,9,13-14,16H,3,6,8,10-12H2,1-2H3,(H,20,24)/t16-/m0/s1. The van der Waals surface area contributed by atoms with Gasteiger partial charge in [0.2, 0.25) is 5.91 Å². The SMILES string of the molecule is CCOc1ccccc1CNC(=O)[C@H]1CCCN(S(=O)(=O)c2cn(C)cn2)C1. The van der Waals surface area contributed by atoms with Crippen LogP contribution in [-0.4, -0.2) is 47.9 Å². The highest BCUT2D eigenvalue weighted by molar-refractivity contribution is 7.89. The third-order valence-corrected chi connectivity index (χ3v) is 6.52. The summed E-state index contributed by atoms with van der Waals surface area (Å²) in [5.74, 6) is 0.215. The van der Waals surface area contributed by atoms with Gasteiger partial charge in [-0.25, -0.2) is 13.4 Å². The van der Waals surface area contributed by atoms with Gasteiger partial charge in [0.05, 0.1) is 18.9 Å². The Morgan fingerprint density at radius 3 is 2.86 bits per heavy atom. The molecule has 0 spiro atoms. The highest BCUT2D eigenvalue weighted by Gasteiger charge is 2.34. The largest absolute Gasteiger partial charge is 0.494 e. The smallest absolute Gasteiger partial charge is 0.262 e. The van der Waals surface area contributed by atoms with E-state index in [0.29, 0.717) is 32.5 Å². The number of benzene rings is 1. The summed E-state index contributed by atoms with van der Waals surface area (Å²) in [6.45, 7) is 3.37. The number of sulfonamides is 1. The second-order valence-electron chi connectivity index (χ2n) is 6.84. The zero-order chi connectivity index (χ0) is 20.1. The van der Waals surface area contributed by atoms with E-state index in [0.717, 1.165) is 11.3 Å². The number of amides is 1. The summed E-state index contributed by atoms with van der Waals surface area (Å²) in [5.41, 5.74) is 0.895. The van der Waals surface area contributed by atoms with Crippen molar-refractivity contribution in [1.82, 2.24) is 19.2 Å². The number of imidazole rings is 1. The maximum atomic E-state index is 12.8. The summed E-state index contributed by atoms with van der Waals surface area (Å²) < 4.78 is 34.1. The molecule has 8 nitrogen and oxygen atoms in total. The number of aryl methyl sites for hydroxylation is 1. The van der Waals surface area contributed by atoms with Crippen LogP contribution in [0.4, 0.5) is 0 Å². The molecule has 0 bridgehead atoms. The lowest BCUT2D eigenvalue weighted by atomic mass is 9.98. The van der Waals surface area contributed by atoms with Gasteiger partial charge in [-0.2, -0.15) is 4.31 Å². The molecule has 1 aliphatic heterocycles. The fraction of sp³-hybridized carbons (Fsp3) is 0.474. The van der Waals surface area contributed by atoms with Crippen LogP contribution in [0.25, 0.3) is 0 Å². The molecule has 28 heavy (non-hydrogen) atoms. The monoisotopic (exact) mass is 406 g/mol. The molecule has 9 heteroatoms. The van der Waals surface area contributed by atoms with Gasteiger partial charge in [0.25, 0.3) is 10.0 Å². The van der Waals surface area contributed by atoms with Crippen LogP contribution < -0.4 is 10.1 Å². The minimum Gasteiger partial charge on any atom is -0.494 e. The minimum atomic E-state index is -3.69. The van der Waals surface area contributed by atoms with Crippen molar-refractivity contribution in [3.8, 4) is 5.75 Å². The van der Waals surface area contributed by atoms with Crippen molar-refractivity contribution >= 4 is 15.9 Å². The topological polar surface area (TPSA) is 93.5 Å². The van der Waals surface area contributed by atoms with Crippen LogP contribution >= 0.6 is 0 Å². The maximum Gasteiger partial charge on any atom is 0.262 e. The van der Waals surface area contributed by atoms with Gasteiger partial charge in [0, 0.05) is 38.4 Å². The van der Waals surface area contributed by atoms with E-state index in [1.807, 2.05) is 31.2 Å². The van der Waals surface area contributed by atoms with E-state index >= 15 is 0 Å². The lowest BCUT2D eigenvalue weighted by Crippen LogP contribution is -2.45. The Hall–Kier alpha value is -2.39. The van der Waals surface area contributed by atoms with Gasteiger partial charge in [-0.05, 0) is 25.8 Å². The molecule has 1 N–H and O–H groups in total. The van der Waals surface area contributed by atoms with Crippen LogP contribution in [0.1, 0.15) is 25.3 Å². The minimum absolute atomic E-state index is 0.0155. The Morgan fingerprint density at radius 2 is 2.14 bits per heavy atom. The Bertz CT molecular complexity index is 926. The number of carbonyl (C=O) groups is 1. The van der Waals surface area contributed by atoms with Crippen molar-refractivity contribution in [3.63, 3.8) is 0 Å². The van der Waals surface area contributed by atoms with E-state index < -0.39 is 10.0 Å². The van der Waals surface area contributed by atoms with Crippen LogP contribution in [0, 0.1) is 5.92 Å². The number of nitrogens with one attached hydrogen (secondary N) is 1. The van der Waals surface area contributed by atoms with Crippen molar-refractivity contribution in [2.24, 2.45) is 13.0 Å². The molecule has 1 aliphatic rings. The molecule has 1 fully saturated rings. The number of para-hydroxylation sites is 1. The number of aromatic nitrogens is 2. The first-order chi connectivity index (χ1) is 13.4. The predicted octanol–water partition coefficient (Wildman–Crippen LogP) is 1.54. The molecular formula is C19H26N4O4S. The Labute approximate surface area is 165 Å². The first kappa shape index (κ1) is 20.3. The first-order valence-electron chi connectivity index (χ1n) is 9.38. The van der Waals surface area contributed by atoms with Gasteiger partial charge in [0.15, 0.2) is 5.03 Å². The second kappa shape index (κ2) is 8.74. The lowest BCUT2D eigenvalue weighted by molar-refractivity contribution is -0.126. The normalized spacial score (nSPS) is 18.0. The summed E-state index contributed by atoms with van der Waals surface area (Å²) in [4.78, 5) is 16.6. The third-order valence-electron chi connectivity index (χ3n) is 4.77. The Kier molecular flexibility index (Phi) is 6.35. The van der Waals surface area contributed by atoms with Crippen LogP contribution in [0.3, 0.4) is 0 Å². The quantitative estimate of drug-likeness (QED) is 0.753. The van der Waals surface area contributed by atoms with Crippen molar-refractivity contribution in [1.29, 1.82) is 0 Å². The summed E-state index contributed by atoms with van der Waals surface area (Å²) >= 11 is 0. The van der Waals surface area contributed by atoms with Gasteiger partial charge in [-0.1, -0.05) is 18.2 Å². The number of piperidine rings is 1. The second-order valence-corrected chi connectivity index (χ2v) is 8.72. The molecule has 1 saturated heterocycles. The number of hydrogen-bond donors (Lipinski definition) is 1. The highest BCUT2D eigenvalue weighted by Crippen LogP contribution is 2.23. The zero-order valence-corrected chi connectivity index (χ0v) is 17.0. The molecule has 1 aromatic carbocycles. The number of rotatable bonds is 7. The predicted molar refractivity (Wildman–Crippen MR) is 104 cm³/mol. The summed E-state index contributed by atoms with van der Waals surface area (Å²) in [6.07, 6.45) is 4.23. The molecule has 2 aromatic rings. The van der Waals surface area contributed by atoms with Gasteiger partial charge in [-0.3, -0.25) is 4.79 Å². The van der Waals surface area contributed by atoms with E-state index in [4.69, 9.17) is 4.74 Å². The third kappa shape index (κ3) is 4.53. The van der Waals surface area contributed by atoms with Gasteiger partial charge in [0.1, 0.15) is 5.75 Å². The molecule has 0 unspecified atom stereocenters. The average molecular weight is 407 g/mol. The first-order valence-corrected chi connectivity index (χ1v) is 10.8. The van der Waals surface area contributed by atoms with Crippen molar-refractivity contribution in [2.75, 3.05) is 19.7 Å². The van der Waals surface area contributed by atoms with Crippen LogP contribution in [-0.2, 0) is 28.4 Å². The number of carbonyl (C=O) groups excluding carboxylic acids is 1. The van der Waals surface area contributed by atoms with Gasteiger partial charge in [-0.15, -0.1) is 0 Å². The fourth-order valence-electron chi connectivity index (χ4n) is 3.30. The molecular weight excluding hydrogens is 380 g/mol. The molecule has 152 valence electrons. The zero-order valence-electron chi connectivity index (χ0n) is 16.2. The number of ether oxygens (including phenoxy) is 1. The molecule has 1 amide bonds. The molecule has 0 saturated carbocycles. The van der Waals surface area contributed by atoms with E-state index in [2.05, 4.69) is 10.3 Å². The summed E-state index contributed by atoms with van der Waals surface area (Å²) in [7, 11) is -1.97. The van der Waals surface area contributed by atoms with E-state index in [-0.39, 0.29) is 23.4 Å². The fourth-order valence-corrected chi connectivity index (χ4v) is 4.79. The average Bonchev–Trinajstić information content (AvgIpc) is 3.14. The molecule has 0 radical (unpaired) electrons. The Balaban J connectivity index is 1.63. The number of hydrogen-bond acceptors (Lipinski definition) is 5. The van der Waals surface area contributed by atoms with Gasteiger partial charge >= 0.3 is 0 Å². The van der Waals surface area contributed by atoms with Crippen molar-refractivity contribution in [2.45, 2.75) is 31.3 Å². The van der Waals surface area contributed by atoms with E-state index in [1.54, 1.807) is 11.6 Å². The molecule has 2 heterocycles. The van der Waals surface area contributed by atoms with Gasteiger partial charge < -0.3 is 14.6 Å². The van der Waals surface area contributed by atoms with E-state index in [1.165, 1.54) is 16.8 Å². The molecule has 0 aliphatic carbocycles. The van der Waals surface area contributed by atoms with Crippen LogP contribution in [0.2, 0.25) is 0 Å². The van der Waals surface area contributed by atoms with Crippen molar-refractivity contribution in [3.05, 3.63) is 42.4 Å². The maximum absolute atomic E-state index is 12.8. The molecule has 3 rings (SSSR count). The lowest BCUT2D eigenvalue weighted by Gasteiger charge is -2.30. The van der Waals surface area contributed by atoms with E-state index in [9.17, 15) is 13.2 Å². The molecule has 1 aromatic heterocycles. The highest BCUT2D eigenvalue weighted by atomic mass is 32.2.